The summed E-state index contributed by atoms with van der Waals surface area (Å²) in [5, 5.41) is 6.42. The van der Waals surface area contributed by atoms with Gasteiger partial charge in [0, 0.05) is 43.7 Å². The van der Waals surface area contributed by atoms with Crippen LogP contribution in [0.5, 0.6) is 0 Å². The second-order valence-corrected chi connectivity index (χ2v) is 8.18. The highest BCUT2D eigenvalue weighted by atomic mass is 16.5. The molecule has 0 unspecified atom stereocenters. The van der Waals surface area contributed by atoms with Crippen molar-refractivity contribution in [3.63, 3.8) is 0 Å². The highest BCUT2D eigenvalue weighted by Gasteiger charge is 2.30. The zero-order chi connectivity index (χ0) is 18.7. The zero-order valence-electron chi connectivity index (χ0n) is 16.4. The standard InChI is InChI=1S/C19H31N5O2/c1-13(2)11-15-22-16-14(5-6-20-18(16)25)17(23-15)21-12-19(3,4)24-7-9-26-10-8-24/h13H,5-12H2,1-4H3,(H,20,25)(H,21,22,23). The molecule has 1 fully saturated rings. The third kappa shape index (κ3) is 4.32. The summed E-state index contributed by atoms with van der Waals surface area (Å²) in [6.07, 6.45) is 1.53. The van der Waals surface area contributed by atoms with E-state index in [4.69, 9.17) is 9.72 Å². The summed E-state index contributed by atoms with van der Waals surface area (Å²) in [5.74, 6) is 1.91. The van der Waals surface area contributed by atoms with Crippen LogP contribution in [-0.4, -0.2) is 65.7 Å². The number of amides is 1. The molecule has 0 spiro atoms. The molecule has 3 rings (SSSR count). The molecule has 1 aromatic rings. The van der Waals surface area contributed by atoms with Crippen molar-refractivity contribution in [2.45, 2.75) is 46.1 Å². The molecule has 3 heterocycles. The van der Waals surface area contributed by atoms with Crippen molar-refractivity contribution in [1.29, 1.82) is 0 Å². The van der Waals surface area contributed by atoms with E-state index >= 15 is 0 Å². The van der Waals surface area contributed by atoms with Crippen molar-refractivity contribution >= 4 is 11.7 Å². The van der Waals surface area contributed by atoms with Crippen molar-refractivity contribution < 1.29 is 9.53 Å². The lowest BCUT2D eigenvalue weighted by molar-refractivity contribution is -0.00571. The van der Waals surface area contributed by atoms with Gasteiger partial charge >= 0.3 is 0 Å². The fraction of sp³-hybridized carbons (Fsp3) is 0.737. The Labute approximate surface area is 155 Å². The van der Waals surface area contributed by atoms with Crippen LogP contribution >= 0.6 is 0 Å². The molecule has 0 atom stereocenters. The third-order valence-electron chi connectivity index (χ3n) is 5.08. The Kier molecular flexibility index (Phi) is 5.77. The van der Waals surface area contributed by atoms with E-state index in [1.807, 2.05) is 0 Å². The molecule has 7 heteroatoms. The van der Waals surface area contributed by atoms with Gasteiger partial charge in [-0.05, 0) is 26.2 Å². The van der Waals surface area contributed by atoms with Gasteiger partial charge in [-0.1, -0.05) is 13.8 Å². The number of rotatable bonds is 6. The van der Waals surface area contributed by atoms with Crippen LogP contribution in [0.1, 0.15) is 49.6 Å². The lowest BCUT2D eigenvalue weighted by Gasteiger charge is -2.41. The molecule has 26 heavy (non-hydrogen) atoms. The van der Waals surface area contributed by atoms with Crippen LogP contribution in [0.15, 0.2) is 0 Å². The Morgan fingerprint density at radius 1 is 1.27 bits per heavy atom. The van der Waals surface area contributed by atoms with Gasteiger partial charge in [-0.3, -0.25) is 9.69 Å². The van der Waals surface area contributed by atoms with E-state index in [1.54, 1.807) is 0 Å². The number of morpholine rings is 1. The average Bonchev–Trinajstić information content (AvgIpc) is 2.61. The monoisotopic (exact) mass is 361 g/mol. The zero-order valence-corrected chi connectivity index (χ0v) is 16.4. The lowest BCUT2D eigenvalue weighted by atomic mass is 10.0. The van der Waals surface area contributed by atoms with Crippen molar-refractivity contribution in [3.05, 3.63) is 17.1 Å². The van der Waals surface area contributed by atoms with Crippen molar-refractivity contribution in [2.24, 2.45) is 5.92 Å². The smallest absolute Gasteiger partial charge is 0.270 e. The minimum absolute atomic E-state index is 0.0171. The van der Waals surface area contributed by atoms with E-state index in [1.165, 1.54) is 0 Å². The maximum Gasteiger partial charge on any atom is 0.270 e. The number of anilines is 1. The maximum atomic E-state index is 12.3. The van der Waals surface area contributed by atoms with Crippen LogP contribution in [0.3, 0.4) is 0 Å². The molecule has 2 aliphatic heterocycles. The van der Waals surface area contributed by atoms with Gasteiger partial charge in [-0.2, -0.15) is 0 Å². The Morgan fingerprint density at radius 2 is 2.00 bits per heavy atom. The Morgan fingerprint density at radius 3 is 2.69 bits per heavy atom. The first-order valence-corrected chi connectivity index (χ1v) is 9.61. The summed E-state index contributed by atoms with van der Waals surface area (Å²) in [6.45, 7) is 13.6. The number of hydrogen-bond donors (Lipinski definition) is 2. The van der Waals surface area contributed by atoms with E-state index in [0.717, 1.165) is 62.9 Å². The first kappa shape index (κ1) is 19.0. The van der Waals surface area contributed by atoms with Gasteiger partial charge in [-0.15, -0.1) is 0 Å². The Balaban J connectivity index is 1.81. The molecule has 1 aromatic heterocycles. The molecule has 0 aliphatic carbocycles. The van der Waals surface area contributed by atoms with Crippen molar-refractivity contribution in [1.82, 2.24) is 20.2 Å². The van der Waals surface area contributed by atoms with Crippen molar-refractivity contribution in [3.8, 4) is 0 Å². The quantitative estimate of drug-likeness (QED) is 0.799. The molecule has 144 valence electrons. The predicted octanol–water partition coefficient (Wildman–Crippen LogP) is 1.48. The summed E-state index contributed by atoms with van der Waals surface area (Å²) in [4.78, 5) is 24.0. The minimum atomic E-state index is -0.0888. The number of nitrogens with zero attached hydrogens (tertiary/aromatic N) is 3. The number of aromatic nitrogens is 2. The number of hydrogen-bond acceptors (Lipinski definition) is 6. The van der Waals surface area contributed by atoms with Gasteiger partial charge in [0.25, 0.3) is 5.91 Å². The second-order valence-electron chi connectivity index (χ2n) is 8.18. The first-order chi connectivity index (χ1) is 12.4. The summed E-state index contributed by atoms with van der Waals surface area (Å²) in [7, 11) is 0. The molecule has 1 saturated heterocycles. The SMILES string of the molecule is CC(C)Cc1nc(NCC(C)(C)N2CCOCC2)c2c(n1)C(=O)NCC2. The number of ether oxygens (including phenoxy) is 1. The molecule has 2 N–H and O–H groups in total. The van der Waals surface area contributed by atoms with Gasteiger partial charge in [0.2, 0.25) is 0 Å². The molecule has 7 nitrogen and oxygen atoms in total. The third-order valence-corrected chi connectivity index (χ3v) is 5.08. The molecule has 1 amide bonds. The lowest BCUT2D eigenvalue weighted by Crippen LogP contribution is -2.53. The maximum absolute atomic E-state index is 12.3. The minimum Gasteiger partial charge on any atom is -0.379 e. The topological polar surface area (TPSA) is 79.4 Å². The van der Waals surface area contributed by atoms with Gasteiger partial charge in [-0.25, -0.2) is 9.97 Å². The van der Waals surface area contributed by atoms with Crippen LogP contribution in [0.2, 0.25) is 0 Å². The molecule has 0 saturated carbocycles. The number of carbonyl (C=O) groups excluding carboxylic acids is 1. The van der Waals surface area contributed by atoms with E-state index in [2.05, 4.69) is 48.2 Å². The molecular weight excluding hydrogens is 330 g/mol. The van der Waals surface area contributed by atoms with Gasteiger partial charge in [0.05, 0.1) is 13.2 Å². The van der Waals surface area contributed by atoms with Gasteiger partial charge < -0.3 is 15.4 Å². The predicted molar refractivity (Wildman–Crippen MR) is 102 cm³/mol. The Bertz CT molecular complexity index is 654. The van der Waals surface area contributed by atoms with Gasteiger partial charge in [0.15, 0.2) is 0 Å². The number of nitrogens with one attached hydrogen (secondary N) is 2. The summed E-state index contributed by atoms with van der Waals surface area (Å²) in [6, 6.07) is 0. The van der Waals surface area contributed by atoms with Crippen LogP contribution in [0.4, 0.5) is 5.82 Å². The molecular formula is C19H31N5O2. The van der Waals surface area contributed by atoms with E-state index in [-0.39, 0.29) is 11.4 Å². The van der Waals surface area contributed by atoms with Crippen LogP contribution in [0.25, 0.3) is 0 Å². The molecule has 0 radical (unpaired) electrons. The van der Waals surface area contributed by atoms with E-state index in [9.17, 15) is 4.79 Å². The van der Waals surface area contributed by atoms with Crippen molar-refractivity contribution in [2.75, 3.05) is 44.7 Å². The van der Waals surface area contributed by atoms with Crippen LogP contribution < -0.4 is 10.6 Å². The average molecular weight is 361 g/mol. The summed E-state index contributed by atoms with van der Waals surface area (Å²) in [5.41, 5.74) is 1.46. The van der Waals surface area contributed by atoms with Gasteiger partial charge in [0.1, 0.15) is 17.3 Å². The van der Waals surface area contributed by atoms with Crippen LogP contribution in [0, 0.1) is 5.92 Å². The molecule has 0 aromatic carbocycles. The van der Waals surface area contributed by atoms with E-state index in [0.29, 0.717) is 18.2 Å². The second kappa shape index (κ2) is 7.88. The number of fused-ring (bicyclic) bond motifs is 1. The fourth-order valence-corrected chi connectivity index (χ4v) is 3.52. The molecule has 2 aliphatic rings. The highest BCUT2D eigenvalue weighted by Crippen LogP contribution is 2.23. The number of carbonyl (C=O) groups is 1. The Hall–Kier alpha value is -1.73. The van der Waals surface area contributed by atoms with Crippen LogP contribution in [-0.2, 0) is 17.6 Å². The first-order valence-electron chi connectivity index (χ1n) is 9.61. The fourth-order valence-electron chi connectivity index (χ4n) is 3.52. The highest BCUT2D eigenvalue weighted by molar-refractivity contribution is 5.96. The normalized spacial score (nSPS) is 18.6. The van der Waals surface area contributed by atoms with E-state index < -0.39 is 0 Å². The molecule has 0 bridgehead atoms. The summed E-state index contributed by atoms with van der Waals surface area (Å²) >= 11 is 0. The summed E-state index contributed by atoms with van der Waals surface area (Å²) < 4.78 is 5.47. The largest absolute Gasteiger partial charge is 0.379 e.